The number of hydrogen-bond donors (Lipinski definition) is 3. The molecular formula is C27H45N3O4S. The monoisotopic (exact) mass is 507 g/mol. The van der Waals surface area contributed by atoms with Crippen molar-refractivity contribution in [3.63, 3.8) is 0 Å². The van der Waals surface area contributed by atoms with E-state index in [-0.39, 0.29) is 17.6 Å². The first kappa shape index (κ1) is 30.8. The fourth-order valence-corrected chi connectivity index (χ4v) is 4.00. The maximum Gasteiger partial charge on any atom is 0.408 e. The van der Waals surface area contributed by atoms with Gasteiger partial charge in [-0.1, -0.05) is 43.5 Å². The van der Waals surface area contributed by atoms with Crippen LogP contribution in [0.4, 0.5) is 4.79 Å². The quantitative estimate of drug-likeness (QED) is 0.304. The van der Waals surface area contributed by atoms with Gasteiger partial charge in [-0.3, -0.25) is 9.59 Å². The number of nitrogens with zero attached hydrogens (tertiary/aromatic N) is 1. The normalized spacial score (nSPS) is 13.5. The van der Waals surface area contributed by atoms with Gasteiger partial charge in [-0.05, 0) is 72.9 Å². The molecule has 198 valence electrons. The van der Waals surface area contributed by atoms with Gasteiger partial charge in [0.1, 0.15) is 17.7 Å². The Labute approximate surface area is 217 Å². The van der Waals surface area contributed by atoms with E-state index in [2.05, 4.69) is 30.2 Å². The fourth-order valence-electron chi connectivity index (χ4n) is 3.76. The second-order valence-electron chi connectivity index (χ2n) is 11.1. The van der Waals surface area contributed by atoms with Gasteiger partial charge in [0.25, 0.3) is 0 Å². The average molecular weight is 508 g/mol. The van der Waals surface area contributed by atoms with Crippen molar-refractivity contribution in [1.82, 2.24) is 15.5 Å². The molecule has 0 aliphatic carbocycles. The molecule has 0 aliphatic rings. The van der Waals surface area contributed by atoms with E-state index in [0.717, 1.165) is 36.0 Å². The lowest BCUT2D eigenvalue weighted by Crippen LogP contribution is -2.55. The Morgan fingerprint density at radius 1 is 1.06 bits per heavy atom. The third-order valence-electron chi connectivity index (χ3n) is 5.24. The molecule has 2 unspecified atom stereocenters. The molecule has 7 nitrogen and oxygen atoms in total. The van der Waals surface area contributed by atoms with E-state index in [1.807, 2.05) is 52.8 Å². The molecule has 3 amide bonds. The molecule has 8 heteroatoms. The molecule has 0 radical (unpaired) electrons. The number of carbonyl (C=O) groups excluding carboxylic acids is 3. The largest absolute Gasteiger partial charge is 0.444 e. The zero-order valence-corrected chi connectivity index (χ0v) is 23.8. The van der Waals surface area contributed by atoms with Crippen LogP contribution in [-0.4, -0.2) is 52.3 Å². The number of aryl methyl sites for hydroxylation is 2. The summed E-state index contributed by atoms with van der Waals surface area (Å²) < 4.78 is 5.36. The molecule has 0 heterocycles. The van der Waals surface area contributed by atoms with Gasteiger partial charge in [-0.25, -0.2) is 4.79 Å². The van der Waals surface area contributed by atoms with Crippen LogP contribution in [0.5, 0.6) is 0 Å². The van der Waals surface area contributed by atoms with E-state index in [4.69, 9.17) is 4.74 Å². The minimum atomic E-state index is -0.939. The second-order valence-corrected chi connectivity index (χ2v) is 11.5. The Hall–Kier alpha value is -2.22. The summed E-state index contributed by atoms with van der Waals surface area (Å²) in [5, 5.41) is 5.70. The number of carbonyl (C=O) groups is 3. The Morgan fingerprint density at radius 2 is 1.69 bits per heavy atom. The number of alkyl carbamates (subject to hydrolysis) is 1. The summed E-state index contributed by atoms with van der Waals surface area (Å²) in [6.07, 6.45) is 1.92. The van der Waals surface area contributed by atoms with Crippen LogP contribution in [0.25, 0.3) is 0 Å². The van der Waals surface area contributed by atoms with Crippen LogP contribution in [0.3, 0.4) is 0 Å². The van der Waals surface area contributed by atoms with Crippen LogP contribution in [0.2, 0.25) is 0 Å². The number of benzene rings is 1. The summed E-state index contributed by atoms with van der Waals surface area (Å²) >= 11 is 4.34. The highest BCUT2D eigenvalue weighted by molar-refractivity contribution is 7.80. The SMILES string of the molecule is CCCCCN(C(=O)C(CS)NC(=O)OC(C)(C)C)C(C(=O)NC(C)(C)C)c1ccc(C)cc1C. The molecule has 2 atom stereocenters. The average Bonchev–Trinajstić information content (AvgIpc) is 2.69. The van der Waals surface area contributed by atoms with E-state index in [1.165, 1.54) is 0 Å². The molecule has 35 heavy (non-hydrogen) atoms. The smallest absolute Gasteiger partial charge is 0.408 e. The van der Waals surface area contributed by atoms with Crippen molar-refractivity contribution in [3.8, 4) is 0 Å². The van der Waals surface area contributed by atoms with Gasteiger partial charge in [0.05, 0.1) is 0 Å². The van der Waals surface area contributed by atoms with E-state index < -0.39 is 29.3 Å². The summed E-state index contributed by atoms with van der Waals surface area (Å²) in [4.78, 5) is 41.6. The van der Waals surface area contributed by atoms with Crippen molar-refractivity contribution in [2.75, 3.05) is 12.3 Å². The molecule has 1 aromatic rings. The van der Waals surface area contributed by atoms with Crippen LogP contribution < -0.4 is 10.6 Å². The molecule has 1 aromatic carbocycles. The van der Waals surface area contributed by atoms with Gasteiger partial charge in [-0.15, -0.1) is 0 Å². The summed E-state index contributed by atoms with van der Waals surface area (Å²) in [5.74, 6) is -0.552. The lowest BCUT2D eigenvalue weighted by atomic mass is 9.95. The number of hydrogen-bond acceptors (Lipinski definition) is 5. The van der Waals surface area contributed by atoms with E-state index >= 15 is 0 Å². The van der Waals surface area contributed by atoms with E-state index in [1.54, 1.807) is 25.7 Å². The summed E-state index contributed by atoms with van der Waals surface area (Å²) in [7, 11) is 0. The van der Waals surface area contributed by atoms with Crippen molar-refractivity contribution in [1.29, 1.82) is 0 Å². The van der Waals surface area contributed by atoms with Gasteiger partial charge < -0.3 is 20.3 Å². The molecule has 0 spiro atoms. The van der Waals surface area contributed by atoms with Crippen LogP contribution in [0.1, 0.15) is 90.5 Å². The molecule has 2 N–H and O–H groups in total. The predicted molar refractivity (Wildman–Crippen MR) is 145 cm³/mol. The summed E-state index contributed by atoms with van der Waals surface area (Å²) in [6, 6.07) is 4.08. The van der Waals surface area contributed by atoms with Gasteiger partial charge in [-0.2, -0.15) is 12.6 Å². The molecule has 0 aromatic heterocycles. The highest BCUT2D eigenvalue weighted by atomic mass is 32.1. The number of amides is 3. The molecule has 0 saturated carbocycles. The number of unbranched alkanes of at least 4 members (excludes halogenated alkanes) is 2. The minimum absolute atomic E-state index is 0.0723. The highest BCUT2D eigenvalue weighted by Crippen LogP contribution is 2.28. The lowest BCUT2D eigenvalue weighted by Gasteiger charge is -2.36. The molecule has 0 aliphatic heterocycles. The fraction of sp³-hybridized carbons (Fsp3) is 0.667. The summed E-state index contributed by atoms with van der Waals surface area (Å²) in [5.41, 5.74) is 1.57. The van der Waals surface area contributed by atoms with Crippen molar-refractivity contribution in [2.24, 2.45) is 0 Å². The zero-order chi connectivity index (χ0) is 27.0. The first-order chi connectivity index (χ1) is 16.1. The van der Waals surface area contributed by atoms with Gasteiger partial charge in [0.15, 0.2) is 0 Å². The van der Waals surface area contributed by atoms with Gasteiger partial charge in [0.2, 0.25) is 11.8 Å². The lowest BCUT2D eigenvalue weighted by molar-refractivity contribution is -0.142. The van der Waals surface area contributed by atoms with Crippen LogP contribution >= 0.6 is 12.6 Å². The van der Waals surface area contributed by atoms with Crippen molar-refractivity contribution in [2.45, 2.75) is 105 Å². The highest BCUT2D eigenvalue weighted by Gasteiger charge is 2.37. The molecular weight excluding hydrogens is 462 g/mol. The Bertz CT molecular complexity index is 874. The van der Waals surface area contributed by atoms with Crippen LogP contribution in [0.15, 0.2) is 18.2 Å². The standard InChI is InChI=1S/C27H45N3O4S/c1-10-11-12-15-30(24(32)21(17-35)28-25(33)34-27(7,8)9)22(23(31)29-26(4,5)6)20-14-13-18(2)16-19(20)3/h13-14,16,21-22,35H,10-12,15,17H2,1-9H3,(H,28,33)(H,29,31). The topological polar surface area (TPSA) is 87.7 Å². The number of ether oxygens (including phenoxy) is 1. The van der Waals surface area contributed by atoms with Gasteiger partial charge in [0, 0.05) is 17.8 Å². The number of nitrogens with one attached hydrogen (secondary N) is 2. The number of rotatable bonds is 10. The predicted octanol–water partition coefficient (Wildman–Crippen LogP) is 5.10. The van der Waals surface area contributed by atoms with Crippen molar-refractivity contribution in [3.05, 3.63) is 34.9 Å². The van der Waals surface area contributed by atoms with E-state index in [0.29, 0.717) is 6.54 Å². The maximum absolute atomic E-state index is 13.9. The van der Waals surface area contributed by atoms with Crippen LogP contribution in [-0.2, 0) is 14.3 Å². The third-order valence-corrected chi connectivity index (χ3v) is 5.60. The first-order valence-corrected chi connectivity index (χ1v) is 13.0. The zero-order valence-electron chi connectivity index (χ0n) is 22.9. The molecule has 1 rings (SSSR count). The van der Waals surface area contributed by atoms with Gasteiger partial charge >= 0.3 is 6.09 Å². The first-order valence-electron chi connectivity index (χ1n) is 12.4. The Morgan fingerprint density at radius 3 is 2.17 bits per heavy atom. The Kier molecular flexibility index (Phi) is 11.6. The number of thiol groups is 1. The van der Waals surface area contributed by atoms with Crippen molar-refractivity contribution >= 4 is 30.5 Å². The van der Waals surface area contributed by atoms with Crippen molar-refractivity contribution < 1.29 is 19.1 Å². The molecule has 0 saturated heterocycles. The second kappa shape index (κ2) is 13.2. The molecule has 0 fully saturated rings. The Balaban J connectivity index is 3.48. The third kappa shape index (κ3) is 10.5. The molecule has 0 bridgehead atoms. The maximum atomic E-state index is 13.9. The minimum Gasteiger partial charge on any atom is -0.444 e. The van der Waals surface area contributed by atoms with E-state index in [9.17, 15) is 14.4 Å². The summed E-state index contributed by atoms with van der Waals surface area (Å²) in [6.45, 7) is 17.4. The van der Waals surface area contributed by atoms with Crippen LogP contribution in [0, 0.1) is 13.8 Å².